The Morgan fingerprint density at radius 1 is 1.35 bits per heavy atom. The van der Waals surface area contributed by atoms with Gasteiger partial charge in [-0.3, -0.25) is 0 Å². The van der Waals surface area contributed by atoms with Crippen LogP contribution in [0, 0.1) is 5.92 Å². The van der Waals surface area contributed by atoms with Gasteiger partial charge in [-0.15, -0.1) is 0 Å². The maximum Gasteiger partial charge on any atom is 0.415 e. The lowest BCUT2D eigenvalue weighted by atomic mass is 9.77. The van der Waals surface area contributed by atoms with Crippen LogP contribution in [-0.2, 0) is 0 Å². The van der Waals surface area contributed by atoms with Crippen LogP contribution in [0.2, 0.25) is 0 Å². The lowest BCUT2D eigenvalue weighted by molar-refractivity contribution is -0.203. The van der Waals surface area contributed by atoms with Crippen LogP contribution < -0.4 is 5.32 Å². The van der Waals surface area contributed by atoms with Crippen molar-refractivity contribution in [2.45, 2.75) is 50.4 Å². The number of hydrogen-bond donors (Lipinski definition) is 3. The highest BCUT2D eigenvalue weighted by molar-refractivity contribution is 4.92. The van der Waals surface area contributed by atoms with Crippen molar-refractivity contribution in [3.05, 3.63) is 0 Å². The summed E-state index contributed by atoms with van der Waals surface area (Å²) in [6.45, 7) is 1.34. The average molecular weight is 255 g/mol. The van der Waals surface area contributed by atoms with E-state index in [0.29, 0.717) is 18.8 Å². The van der Waals surface area contributed by atoms with Crippen molar-refractivity contribution in [3.8, 4) is 0 Å². The summed E-state index contributed by atoms with van der Waals surface area (Å²) in [4.78, 5) is 0. The standard InChI is InChI=1S/C11H20F3NO2/c1-8-2-4-10(7-16,5-3-8)15-6-9(17)11(12,13)14/h8-9,15-17H,2-7H2,1H3. The van der Waals surface area contributed by atoms with Crippen molar-refractivity contribution in [1.82, 2.24) is 5.32 Å². The molecule has 3 N–H and O–H groups in total. The van der Waals surface area contributed by atoms with Crippen LogP contribution >= 0.6 is 0 Å². The fourth-order valence-corrected chi connectivity index (χ4v) is 2.13. The van der Waals surface area contributed by atoms with E-state index >= 15 is 0 Å². The highest BCUT2D eigenvalue weighted by atomic mass is 19.4. The lowest BCUT2D eigenvalue weighted by Gasteiger charge is -2.39. The zero-order chi connectivity index (χ0) is 13.1. The van der Waals surface area contributed by atoms with E-state index in [4.69, 9.17) is 5.11 Å². The summed E-state index contributed by atoms with van der Waals surface area (Å²) in [5, 5.41) is 20.9. The molecule has 1 fully saturated rings. The Morgan fingerprint density at radius 3 is 2.29 bits per heavy atom. The Hall–Kier alpha value is -0.330. The highest BCUT2D eigenvalue weighted by Gasteiger charge is 2.40. The van der Waals surface area contributed by atoms with Gasteiger partial charge in [-0.1, -0.05) is 6.92 Å². The van der Waals surface area contributed by atoms with Crippen LogP contribution in [0.1, 0.15) is 32.6 Å². The zero-order valence-electron chi connectivity index (χ0n) is 9.93. The van der Waals surface area contributed by atoms with Gasteiger partial charge in [0.1, 0.15) is 0 Å². The monoisotopic (exact) mass is 255 g/mol. The molecule has 0 aromatic heterocycles. The Labute approximate surface area is 99.0 Å². The third kappa shape index (κ3) is 4.12. The average Bonchev–Trinajstić information content (AvgIpc) is 2.27. The molecule has 0 bridgehead atoms. The number of nitrogens with one attached hydrogen (secondary N) is 1. The second-order valence-electron chi connectivity index (χ2n) is 5.06. The molecule has 1 unspecified atom stereocenters. The summed E-state index contributed by atoms with van der Waals surface area (Å²) in [6.07, 6.45) is -3.91. The van der Waals surface area contributed by atoms with E-state index in [1.807, 2.05) is 0 Å². The largest absolute Gasteiger partial charge is 0.415 e. The van der Waals surface area contributed by atoms with Gasteiger partial charge in [-0.2, -0.15) is 13.2 Å². The van der Waals surface area contributed by atoms with Crippen LogP contribution in [0.3, 0.4) is 0 Å². The molecular formula is C11H20F3NO2. The summed E-state index contributed by atoms with van der Waals surface area (Å²) < 4.78 is 36.4. The Kier molecular flexibility index (Phi) is 4.80. The first-order chi connectivity index (χ1) is 7.79. The third-order valence-corrected chi connectivity index (χ3v) is 3.58. The number of aliphatic hydroxyl groups excluding tert-OH is 2. The first kappa shape index (κ1) is 14.7. The van der Waals surface area contributed by atoms with Crippen molar-refractivity contribution >= 4 is 0 Å². The van der Waals surface area contributed by atoms with Crippen molar-refractivity contribution in [2.75, 3.05) is 13.2 Å². The summed E-state index contributed by atoms with van der Waals surface area (Å²) in [6, 6.07) is 0. The number of aliphatic hydroxyl groups is 2. The normalized spacial score (nSPS) is 32.5. The summed E-state index contributed by atoms with van der Waals surface area (Å²) >= 11 is 0. The van der Waals surface area contributed by atoms with Gasteiger partial charge in [0.2, 0.25) is 0 Å². The first-order valence-corrected chi connectivity index (χ1v) is 5.90. The van der Waals surface area contributed by atoms with Crippen LogP contribution in [0.25, 0.3) is 0 Å². The number of halogens is 3. The minimum atomic E-state index is -4.61. The summed E-state index contributed by atoms with van der Waals surface area (Å²) in [5.41, 5.74) is -0.654. The highest BCUT2D eigenvalue weighted by Crippen LogP contribution is 2.32. The lowest BCUT2D eigenvalue weighted by Crippen LogP contribution is -2.54. The molecule has 6 heteroatoms. The Balaban J connectivity index is 2.47. The molecule has 1 rings (SSSR count). The maximum atomic E-state index is 12.1. The first-order valence-electron chi connectivity index (χ1n) is 5.90. The van der Waals surface area contributed by atoms with E-state index in [2.05, 4.69) is 12.2 Å². The quantitative estimate of drug-likeness (QED) is 0.712. The summed E-state index contributed by atoms with van der Waals surface area (Å²) in [7, 11) is 0. The van der Waals surface area contributed by atoms with Gasteiger partial charge < -0.3 is 15.5 Å². The number of rotatable bonds is 4. The molecule has 0 aromatic carbocycles. The summed E-state index contributed by atoms with van der Waals surface area (Å²) in [5.74, 6) is 0.545. The molecule has 1 saturated carbocycles. The topological polar surface area (TPSA) is 52.5 Å². The number of hydrogen-bond acceptors (Lipinski definition) is 3. The van der Waals surface area contributed by atoms with E-state index in [0.717, 1.165) is 12.8 Å². The molecular weight excluding hydrogens is 235 g/mol. The maximum absolute atomic E-state index is 12.1. The number of alkyl halides is 3. The van der Waals surface area contributed by atoms with Crippen molar-refractivity contribution < 1.29 is 23.4 Å². The minimum absolute atomic E-state index is 0.190. The molecule has 17 heavy (non-hydrogen) atoms. The van der Waals surface area contributed by atoms with Gasteiger partial charge in [-0.25, -0.2) is 0 Å². The molecule has 0 amide bonds. The third-order valence-electron chi connectivity index (χ3n) is 3.58. The van der Waals surface area contributed by atoms with Gasteiger partial charge in [0.25, 0.3) is 0 Å². The molecule has 1 aliphatic carbocycles. The molecule has 0 spiro atoms. The zero-order valence-corrected chi connectivity index (χ0v) is 9.93. The SMILES string of the molecule is CC1CCC(CO)(NCC(O)C(F)(F)F)CC1. The molecule has 0 heterocycles. The van der Waals surface area contributed by atoms with E-state index in [1.165, 1.54) is 0 Å². The molecule has 3 nitrogen and oxygen atoms in total. The van der Waals surface area contributed by atoms with Gasteiger partial charge in [0, 0.05) is 12.1 Å². The van der Waals surface area contributed by atoms with Gasteiger partial charge in [-0.05, 0) is 31.6 Å². The van der Waals surface area contributed by atoms with Crippen molar-refractivity contribution in [3.63, 3.8) is 0 Å². The minimum Gasteiger partial charge on any atom is -0.394 e. The van der Waals surface area contributed by atoms with Crippen molar-refractivity contribution in [1.29, 1.82) is 0 Å². The smallest absolute Gasteiger partial charge is 0.394 e. The van der Waals surface area contributed by atoms with Crippen LogP contribution in [0.15, 0.2) is 0 Å². The van der Waals surface area contributed by atoms with Crippen LogP contribution in [-0.4, -0.2) is 41.2 Å². The fraction of sp³-hybridized carbons (Fsp3) is 1.00. The van der Waals surface area contributed by atoms with Crippen molar-refractivity contribution in [2.24, 2.45) is 5.92 Å². The Bertz CT molecular complexity index is 237. The van der Waals surface area contributed by atoms with Gasteiger partial charge in [0.15, 0.2) is 6.10 Å². The van der Waals surface area contributed by atoms with E-state index < -0.39 is 24.4 Å². The molecule has 0 aliphatic heterocycles. The number of β-amino-alcohol motifs (C(OH)–C–C–N with tert-alkyl or cyclic N) is 1. The van der Waals surface area contributed by atoms with Crippen LogP contribution in [0.4, 0.5) is 13.2 Å². The van der Waals surface area contributed by atoms with E-state index in [-0.39, 0.29) is 6.61 Å². The molecule has 0 aromatic rings. The molecule has 0 saturated heterocycles. The van der Waals surface area contributed by atoms with Gasteiger partial charge >= 0.3 is 6.18 Å². The molecule has 102 valence electrons. The second kappa shape index (κ2) is 5.54. The second-order valence-corrected chi connectivity index (χ2v) is 5.06. The predicted molar refractivity (Wildman–Crippen MR) is 57.5 cm³/mol. The Morgan fingerprint density at radius 2 is 1.88 bits per heavy atom. The molecule has 0 radical (unpaired) electrons. The van der Waals surface area contributed by atoms with E-state index in [1.54, 1.807) is 0 Å². The molecule has 1 atom stereocenters. The van der Waals surface area contributed by atoms with E-state index in [9.17, 15) is 18.3 Å². The van der Waals surface area contributed by atoms with Crippen LogP contribution in [0.5, 0.6) is 0 Å². The fourth-order valence-electron chi connectivity index (χ4n) is 2.13. The molecule has 1 aliphatic rings. The predicted octanol–water partition coefficient (Wildman–Crippen LogP) is 1.44. The van der Waals surface area contributed by atoms with Gasteiger partial charge in [0.05, 0.1) is 6.61 Å².